The molecule has 2 rings (SSSR count). The van der Waals surface area contributed by atoms with Crippen LogP contribution in [0, 0.1) is 18.6 Å². The van der Waals surface area contributed by atoms with Crippen LogP contribution in [-0.4, -0.2) is 18.5 Å². The summed E-state index contributed by atoms with van der Waals surface area (Å²) in [5, 5.41) is 2.58. The zero-order valence-corrected chi connectivity index (χ0v) is 12.1. The van der Waals surface area contributed by atoms with Crippen LogP contribution in [0.5, 0.6) is 5.75 Å². The third kappa shape index (κ3) is 5.00. The molecular weight excluding hydrogens is 302 g/mol. The summed E-state index contributed by atoms with van der Waals surface area (Å²) in [6, 6.07) is 4.70. The topological polar surface area (TPSA) is 51.2 Å². The maximum Gasteiger partial charge on any atom is 0.211 e. The summed E-state index contributed by atoms with van der Waals surface area (Å²) in [6.07, 6.45) is 1.95. The molecule has 7 heteroatoms. The lowest BCUT2D eigenvalue weighted by Gasteiger charge is -2.02. The van der Waals surface area contributed by atoms with Gasteiger partial charge in [0.2, 0.25) is 6.41 Å². The second-order valence-corrected chi connectivity index (χ2v) is 4.17. The molecule has 0 atom stereocenters. The van der Waals surface area contributed by atoms with E-state index in [0.717, 1.165) is 23.4 Å². The van der Waals surface area contributed by atoms with E-state index in [9.17, 15) is 13.6 Å². The first-order valence-corrected chi connectivity index (χ1v) is 6.17. The van der Waals surface area contributed by atoms with E-state index in [1.54, 1.807) is 19.4 Å². The van der Waals surface area contributed by atoms with Gasteiger partial charge in [-0.1, -0.05) is 11.6 Å². The van der Waals surface area contributed by atoms with Crippen molar-refractivity contribution in [2.45, 2.75) is 6.92 Å². The molecule has 1 aromatic carbocycles. The van der Waals surface area contributed by atoms with Gasteiger partial charge in [0, 0.05) is 17.8 Å². The maximum absolute atomic E-state index is 12.6. The fraction of sp³-hybridized carbons (Fsp3) is 0.143. The third-order valence-electron chi connectivity index (χ3n) is 2.46. The molecule has 0 fully saturated rings. The lowest BCUT2D eigenvalue weighted by atomic mass is 10.3. The van der Waals surface area contributed by atoms with Gasteiger partial charge < -0.3 is 10.1 Å². The SMILES string of the molecule is COc1ccnc(Cl)c1C.O=CNc1ccc(F)cc1F. The number of amides is 1. The van der Waals surface area contributed by atoms with Crippen LogP contribution >= 0.6 is 11.6 Å². The van der Waals surface area contributed by atoms with Crippen LogP contribution in [0.1, 0.15) is 5.56 Å². The molecule has 112 valence electrons. The molecule has 0 radical (unpaired) electrons. The first-order chi connectivity index (χ1) is 9.99. The number of nitrogens with one attached hydrogen (secondary N) is 1. The van der Waals surface area contributed by atoms with E-state index < -0.39 is 11.6 Å². The Bertz CT molecular complexity index is 624. The number of hydrogen-bond acceptors (Lipinski definition) is 3. The molecular formula is C14H13ClF2N2O2. The molecule has 0 aliphatic heterocycles. The molecule has 1 amide bonds. The van der Waals surface area contributed by atoms with Crippen LogP contribution in [-0.2, 0) is 4.79 Å². The summed E-state index contributed by atoms with van der Waals surface area (Å²) >= 11 is 5.70. The van der Waals surface area contributed by atoms with Gasteiger partial charge in [0.15, 0.2) is 0 Å². The number of anilines is 1. The van der Waals surface area contributed by atoms with Crippen molar-refractivity contribution in [1.82, 2.24) is 4.98 Å². The highest BCUT2D eigenvalue weighted by molar-refractivity contribution is 6.30. The van der Waals surface area contributed by atoms with Gasteiger partial charge in [-0.2, -0.15) is 0 Å². The van der Waals surface area contributed by atoms with E-state index in [1.807, 2.05) is 6.92 Å². The standard InChI is InChI=1S/C7H8ClNO.C7H5F2NO/c1-5-6(10-2)3-4-9-7(5)8;8-5-1-2-7(10-4-11)6(9)3-5/h3-4H,1-2H3;1-4H,(H,10,11). The Labute approximate surface area is 125 Å². The third-order valence-corrected chi connectivity index (χ3v) is 2.84. The van der Waals surface area contributed by atoms with Crippen LogP contribution in [0.4, 0.5) is 14.5 Å². The Kier molecular flexibility index (Phi) is 6.55. The average Bonchev–Trinajstić information content (AvgIpc) is 2.46. The Balaban J connectivity index is 0.000000211. The first-order valence-electron chi connectivity index (χ1n) is 5.80. The number of benzene rings is 1. The highest BCUT2D eigenvalue weighted by Crippen LogP contribution is 2.21. The molecule has 2 aromatic rings. The summed E-state index contributed by atoms with van der Waals surface area (Å²) < 4.78 is 29.8. The minimum atomic E-state index is -0.780. The van der Waals surface area contributed by atoms with Crippen LogP contribution in [0.15, 0.2) is 30.5 Å². The largest absolute Gasteiger partial charge is 0.496 e. The number of aromatic nitrogens is 1. The Hall–Kier alpha value is -2.21. The summed E-state index contributed by atoms with van der Waals surface area (Å²) in [6.45, 7) is 1.87. The molecule has 1 N–H and O–H groups in total. The number of carbonyl (C=O) groups excluding carboxylic acids is 1. The molecule has 0 saturated heterocycles. The Morgan fingerprint density at radius 2 is 2.05 bits per heavy atom. The van der Waals surface area contributed by atoms with Gasteiger partial charge in [-0.25, -0.2) is 13.8 Å². The number of ether oxygens (including phenoxy) is 1. The molecule has 0 aliphatic rings. The monoisotopic (exact) mass is 314 g/mol. The predicted molar refractivity (Wildman–Crippen MR) is 76.6 cm³/mol. The lowest BCUT2D eigenvalue weighted by molar-refractivity contribution is -0.105. The van der Waals surface area contributed by atoms with Gasteiger partial charge in [-0.3, -0.25) is 4.79 Å². The van der Waals surface area contributed by atoms with Gasteiger partial charge >= 0.3 is 0 Å². The van der Waals surface area contributed by atoms with Crippen molar-refractivity contribution in [3.63, 3.8) is 0 Å². The number of methoxy groups -OCH3 is 1. The fourth-order valence-electron chi connectivity index (χ4n) is 1.39. The summed E-state index contributed by atoms with van der Waals surface area (Å²) in [4.78, 5) is 13.7. The number of rotatable bonds is 3. The van der Waals surface area contributed by atoms with Crippen molar-refractivity contribution < 1.29 is 18.3 Å². The molecule has 1 heterocycles. The molecule has 21 heavy (non-hydrogen) atoms. The number of carbonyl (C=O) groups is 1. The number of hydrogen-bond donors (Lipinski definition) is 1. The van der Waals surface area contributed by atoms with Crippen molar-refractivity contribution in [2.75, 3.05) is 12.4 Å². The molecule has 4 nitrogen and oxygen atoms in total. The quantitative estimate of drug-likeness (QED) is 0.696. The van der Waals surface area contributed by atoms with Crippen LogP contribution in [0.3, 0.4) is 0 Å². The second-order valence-electron chi connectivity index (χ2n) is 3.82. The van der Waals surface area contributed by atoms with Gasteiger partial charge in [0.05, 0.1) is 12.8 Å². The smallest absolute Gasteiger partial charge is 0.211 e. The Morgan fingerprint density at radius 1 is 1.33 bits per heavy atom. The maximum atomic E-state index is 12.6. The first kappa shape index (κ1) is 16.8. The summed E-state index contributed by atoms with van der Waals surface area (Å²) in [5.41, 5.74) is 0.855. The predicted octanol–water partition coefficient (Wildman–Crippen LogP) is 3.59. The number of halogens is 3. The second kappa shape index (κ2) is 8.16. The van der Waals surface area contributed by atoms with Gasteiger partial charge in [0.25, 0.3) is 0 Å². The van der Waals surface area contributed by atoms with E-state index in [-0.39, 0.29) is 5.69 Å². The van der Waals surface area contributed by atoms with E-state index in [2.05, 4.69) is 10.3 Å². The summed E-state index contributed by atoms with van der Waals surface area (Å²) in [5.74, 6) is -0.670. The number of nitrogens with zero attached hydrogens (tertiary/aromatic N) is 1. The van der Waals surface area contributed by atoms with Crippen molar-refractivity contribution in [3.05, 3.63) is 52.8 Å². The van der Waals surface area contributed by atoms with Gasteiger partial charge in [0.1, 0.15) is 22.5 Å². The van der Waals surface area contributed by atoms with Gasteiger partial charge in [-0.15, -0.1) is 0 Å². The highest BCUT2D eigenvalue weighted by Gasteiger charge is 2.01. The molecule has 0 unspecified atom stereocenters. The lowest BCUT2D eigenvalue weighted by Crippen LogP contribution is -1.96. The normalized spacial score (nSPS) is 9.38. The molecule has 1 aromatic heterocycles. The van der Waals surface area contributed by atoms with E-state index in [4.69, 9.17) is 16.3 Å². The van der Waals surface area contributed by atoms with Crippen molar-refractivity contribution in [1.29, 1.82) is 0 Å². The van der Waals surface area contributed by atoms with Gasteiger partial charge in [-0.05, 0) is 25.1 Å². The van der Waals surface area contributed by atoms with Crippen molar-refractivity contribution >= 4 is 23.7 Å². The minimum Gasteiger partial charge on any atom is -0.496 e. The zero-order valence-electron chi connectivity index (χ0n) is 11.4. The van der Waals surface area contributed by atoms with Crippen molar-refractivity contribution in [3.8, 4) is 5.75 Å². The zero-order chi connectivity index (χ0) is 15.8. The van der Waals surface area contributed by atoms with Crippen LogP contribution in [0.2, 0.25) is 5.15 Å². The molecule has 0 aliphatic carbocycles. The van der Waals surface area contributed by atoms with Crippen molar-refractivity contribution in [2.24, 2.45) is 0 Å². The summed E-state index contributed by atoms with van der Waals surface area (Å²) in [7, 11) is 1.61. The average molecular weight is 315 g/mol. The Morgan fingerprint density at radius 3 is 2.57 bits per heavy atom. The van der Waals surface area contributed by atoms with Crippen LogP contribution in [0.25, 0.3) is 0 Å². The fourth-order valence-corrected chi connectivity index (χ4v) is 1.53. The van der Waals surface area contributed by atoms with E-state index in [1.165, 1.54) is 0 Å². The molecule has 0 saturated carbocycles. The van der Waals surface area contributed by atoms with E-state index >= 15 is 0 Å². The molecule has 0 spiro atoms. The molecule has 0 bridgehead atoms. The van der Waals surface area contributed by atoms with Crippen LogP contribution < -0.4 is 10.1 Å². The minimum absolute atomic E-state index is 0.0265. The number of pyridine rings is 1. The highest BCUT2D eigenvalue weighted by atomic mass is 35.5. The van der Waals surface area contributed by atoms with E-state index in [0.29, 0.717) is 17.6 Å².